The Morgan fingerprint density at radius 2 is 0.350 bits per heavy atom. The number of nitrogens with zero attached hydrogens (tertiary/aromatic N) is 9. The van der Waals surface area contributed by atoms with Gasteiger partial charge < -0.3 is 0 Å². The van der Waals surface area contributed by atoms with Crippen LogP contribution in [0.5, 0.6) is 0 Å². The molecule has 16 aromatic carbocycles. The number of benzene rings is 16. The fraction of sp³-hybridized carbons (Fsp3) is 0.0391. The van der Waals surface area contributed by atoms with Gasteiger partial charge in [0.2, 0.25) is 0 Å². The molecular weight excluding hydrogens is 1660 g/mol. The lowest BCUT2D eigenvalue weighted by Gasteiger charge is -2.30. The number of hydrogen-bond donors (Lipinski definition) is 0. The van der Waals surface area contributed by atoms with Crippen molar-refractivity contribution in [1.82, 2.24) is 44.9 Å². The van der Waals surface area contributed by atoms with Crippen molar-refractivity contribution in [3.05, 3.63) is 536 Å². The van der Waals surface area contributed by atoms with Gasteiger partial charge in [0.15, 0.2) is 17.5 Å². The highest BCUT2D eigenvalue weighted by Gasteiger charge is 2.53. The van der Waals surface area contributed by atoms with Crippen LogP contribution < -0.4 is 0 Å². The molecule has 0 radical (unpaired) electrons. The zero-order valence-electron chi connectivity index (χ0n) is 75.1. The second kappa shape index (κ2) is 33.5. The number of aromatic nitrogens is 9. The van der Waals surface area contributed by atoms with Crippen LogP contribution in [0, 0.1) is 0 Å². The zero-order valence-corrected chi connectivity index (χ0v) is 75.1. The molecule has 0 amide bonds. The smallest absolute Gasteiger partial charge is 0.160 e. The van der Waals surface area contributed by atoms with Gasteiger partial charge in [-0.3, -0.25) is 15.0 Å². The second-order valence-electron chi connectivity index (χ2n) is 36.2. The SMILES string of the molecule is CC1(C)c2ccccc2-c2ccc(-c3cc(-c4ccc(-c5cccnc5)cc4)nc(-c4ccccc4)n3)cc21.c1ccc(-c2nc(-c3ccc(-c4cccnc4)cc3)cc(-c3ccc4c(c3)C3(c5ccccc5-c5ccccc53)c3ccccc3-4)n2)cc1.c1ccc(-c2nc(-c3ccc(-c4cccnc4)cc3)cc(-c3ccc4c(c3)C3(c5ccccc5-c5ccccc53)c3ccccc3-4)n2)cc1. The molecular formula is C128H85N9. The van der Waals surface area contributed by atoms with Crippen molar-refractivity contribution >= 4 is 0 Å². The average molecular weight is 1750 g/mol. The molecule has 9 heteroatoms. The van der Waals surface area contributed by atoms with Gasteiger partial charge in [-0.1, -0.05) is 402 Å². The van der Waals surface area contributed by atoms with Crippen LogP contribution in [0.4, 0.5) is 0 Å². The molecule has 0 fully saturated rings. The molecule has 642 valence electrons. The Balaban J connectivity index is 0.000000110. The van der Waals surface area contributed by atoms with Crippen molar-refractivity contribution in [3.63, 3.8) is 0 Å². The summed E-state index contributed by atoms with van der Waals surface area (Å²) >= 11 is 0. The van der Waals surface area contributed by atoms with E-state index in [0.29, 0.717) is 11.6 Å². The second-order valence-corrected chi connectivity index (χ2v) is 36.2. The van der Waals surface area contributed by atoms with E-state index in [4.69, 9.17) is 29.9 Å². The largest absolute Gasteiger partial charge is 0.264 e. The molecule has 6 heterocycles. The molecule has 27 rings (SSSR count). The van der Waals surface area contributed by atoms with Gasteiger partial charge in [-0.05, 0) is 199 Å². The molecule has 0 saturated heterocycles. The van der Waals surface area contributed by atoms with Gasteiger partial charge in [0.1, 0.15) is 0 Å². The van der Waals surface area contributed by atoms with E-state index in [1.54, 1.807) is 18.6 Å². The van der Waals surface area contributed by atoms with Gasteiger partial charge in [-0.25, -0.2) is 29.9 Å². The van der Waals surface area contributed by atoms with E-state index in [1.165, 1.54) is 111 Å². The predicted molar refractivity (Wildman–Crippen MR) is 555 cm³/mol. The fourth-order valence-electron chi connectivity index (χ4n) is 21.9. The van der Waals surface area contributed by atoms with Crippen LogP contribution in [-0.4, -0.2) is 44.9 Å². The Bertz CT molecular complexity index is 7950. The quantitative estimate of drug-likeness (QED) is 0.118. The molecule has 0 N–H and O–H groups in total. The van der Waals surface area contributed by atoms with Crippen LogP contribution in [0.25, 0.3) is 191 Å². The lowest BCUT2D eigenvalue weighted by Crippen LogP contribution is -2.25. The number of hydrogen-bond acceptors (Lipinski definition) is 9. The summed E-state index contributed by atoms with van der Waals surface area (Å²) in [6.45, 7) is 4.62. The normalized spacial score (nSPS) is 13.1. The summed E-state index contributed by atoms with van der Waals surface area (Å²) in [5, 5.41) is 0. The Labute approximate surface area is 795 Å². The Morgan fingerprint density at radius 1 is 0.146 bits per heavy atom. The molecule has 0 aliphatic heterocycles. The minimum Gasteiger partial charge on any atom is -0.264 e. The minimum absolute atomic E-state index is 0.0673. The highest BCUT2D eigenvalue weighted by Crippen LogP contribution is 2.65. The molecule has 6 aromatic heterocycles. The van der Waals surface area contributed by atoms with Crippen LogP contribution in [0.2, 0.25) is 0 Å². The van der Waals surface area contributed by atoms with E-state index in [2.05, 4.69) is 399 Å². The summed E-state index contributed by atoms with van der Waals surface area (Å²) in [5.41, 5.74) is 46.8. The van der Waals surface area contributed by atoms with E-state index in [9.17, 15) is 0 Å². The summed E-state index contributed by atoms with van der Waals surface area (Å²) < 4.78 is 0. The third kappa shape index (κ3) is 13.8. The summed E-state index contributed by atoms with van der Waals surface area (Å²) in [4.78, 5) is 43.6. The van der Waals surface area contributed by atoms with Gasteiger partial charge >= 0.3 is 0 Å². The average Bonchev–Trinajstić information content (AvgIpc) is 1.51. The molecule has 5 aliphatic carbocycles. The summed E-state index contributed by atoms with van der Waals surface area (Å²) in [6.07, 6.45) is 11.1. The van der Waals surface area contributed by atoms with E-state index in [-0.39, 0.29) is 5.41 Å². The lowest BCUT2D eigenvalue weighted by atomic mass is 9.70. The molecule has 0 unspecified atom stereocenters. The molecule has 22 aromatic rings. The van der Waals surface area contributed by atoms with Crippen LogP contribution in [0.3, 0.4) is 0 Å². The third-order valence-corrected chi connectivity index (χ3v) is 28.3. The van der Waals surface area contributed by atoms with Crippen molar-refractivity contribution < 1.29 is 0 Å². The first-order valence-electron chi connectivity index (χ1n) is 46.6. The molecule has 0 saturated carbocycles. The number of fused-ring (bicyclic) bond motifs is 23. The van der Waals surface area contributed by atoms with Crippen LogP contribution in [0.15, 0.2) is 480 Å². The van der Waals surface area contributed by atoms with Crippen LogP contribution in [0.1, 0.15) is 69.5 Å². The predicted octanol–water partition coefficient (Wildman–Crippen LogP) is 30.6. The highest BCUT2D eigenvalue weighted by molar-refractivity contribution is 5.99. The zero-order chi connectivity index (χ0) is 91.1. The van der Waals surface area contributed by atoms with E-state index in [0.717, 1.165) is 123 Å². The monoisotopic (exact) mass is 1750 g/mol. The van der Waals surface area contributed by atoms with Crippen LogP contribution >= 0.6 is 0 Å². The molecule has 0 atom stereocenters. The van der Waals surface area contributed by atoms with Gasteiger partial charge in [-0.15, -0.1) is 0 Å². The molecule has 9 nitrogen and oxygen atoms in total. The number of pyridine rings is 3. The summed E-state index contributed by atoms with van der Waals surface area (Å²) in [7, 11) is 0. The Hall–Kier alpha value is -17.8. The molecule has 5 aliphatic rings. The summed E-state index contributed by atoms with van der Waals surface area (Å²) in [6, 6.07) is 158. The van der Waals surface area contributed by atoms with E-state index >= 15 is 0 Å². The van der Waals surface area contributed by atoms with Crippen molar-refractivity contribution in [1.29, 1.82) is 0 Å². The van der Waals surface area contributed by atoms with Gasteiger partial charge in [0.05, 0.1) is 45.0 Å². The van der Waals surface area contributed by atoms with Gasteiger partial charge in [0, 0.05) is 92.7 Å². The Kier molecular flexibility index (Phi) is 19.9. The third-order valence-electron chi connectivity index (χ3n) is 28.3. The first-order valence-corrected chi connectivity index (χ1v) is 46.6. The van der Waals surface area contributed by atoms with Gasteiger partial charge in [-0.2, -0.15) is 0 Å². The van der Waals surface area contributed by atoms with Crippen molar-refractivity contribution in [2.24, 2.45) is 0 Å². The maximum absolute atomic E-state index is 5.22. The standard InChI is InChI=1S/2C46H29N3.C36H27N3/c2*1-2-11-32(12-3-1)45-48-43(31-22-20-30(21-23-31)34-13-10-26-47-29-34)28-44(49-45)33-24-25-38-37-16-6-9-19-41(37)46(42(38)27-33)39-17-7-4-14-35(39)36-15-5-8-18-40(36)46;1-36(2)31-13-7-6-12-29(31)30-19-18-27(21-32(30)36)34-22-33(38-35(39-34)26-9-4-3-5-10-26)25-16-14-24(15-17-25)28-11-8-20-37-23-28/h2*1-29H;3-23H,1-2H3. The van der Waals surface area contributed by atoms with Crippen LogP contribution in [-0.2, 0) is 16.2 Å². The first-order chi connectivity index (χ1) is 67.6. The van der Waals surface area contributed by atoms with Crippen molar-refractivity contribution in [3.8, 4) is 191 Å². The first kappa shape index (κ1) is 81.2. The topological polar surface area (TPSA) is 116 Å². The van der Waals surface area contributed by atoms with Crippen molar-refractivity contribution in [2.75, 3.05) is 0 Å². The maximum Gasteiger partial charge on any atom is 0.160 e. The fourth-order valence-corrected chi connectivity index (χ4v) is 21.9. The molecule has 2 spiro atoms. The Morgan fingerprint density at radius 3 is 0.620 bits per heavy atom. The van der Waals surface area contributed by atoms with E-state index < -0.39 is 10.8 Å². The van der Waals surface area contributed by atoms with E-state index in [1.807, 2.05) is 91.4 Å². The highest BCUT2D eigenvalue weighted by atomic mass is 14.9. The number of rotatable bonds is 12. The lowest BCUT2D eigenvalue weighted by molar-refractivity contribution is 0.660. The minimum atomic E-state index is -0.407. The molecule has 0 bridgehead atoms. The summed E-state index contributed by atoms with van der Waals surface area (Å²) in [5.74, 6) is 2.14. The maximum atomic E-state index is 5.22. The van der Waals surface area contributed by atoms with Crippen molar-refractivity contribution in [2.45, 2.75) is 30.1 Å². The molecule has 137 heavy (non-hydrogen) atoms. The van der Waals surface area contributed by atoms with Gasteiger partial charge in [0.25, 0.3) is 0 Å².